The average molecular weight is 577 g/mol. The van der Waals surface area contributed by atoms with Crippen molar-refractivity contribution in [1.29, 1.82) is 0 Å². The Kier molecular flexibility index (Phi) is 6.21. The average Bonchev–Trinajstić information content (AvgIpc) is 3.80. The van der Waals surface area contributed by atoms with Crippen molar-refractivity contribution in [2.24, 2.45) is 0 Å². The second-order valence-electron chi connectivity index (χ2n) is 10.2. The second kappa shape index (κ2) is 10.5. The molecule has 1 N–H and O–H groups in total. The van der Waals surface area contributed by atoms with Gasteiger partial charge in [0.05, 0.1) is 26.5 Å². The lowest BCUT2D eigenvalue weighted by molar-refractivity contribution is 1.00. The van der Waals surface area contributed by atoms with Crippen molar-refractivity contribution in [3.05, 3.63) is 137 Å². The van der Waals surface area contributed by atoms with Crippen LogP contribution in [0, 0.1) is 0 Å². The van der Waals surface area contributed by atoms with Gasteiger partial charge in [-0.3, -0.25) is 15.0 Å². The number of rotatable bonds is 5. The van der Waals surface area contributed by atoms with E-state index in [1.165, 1.54) is 48.7 Å². The molecule has 0 spiro atoms. The molecular weight excluding hydrogens is 553 g/mol. The summed E-state index contributed by atoms with van der Waals surface area (Å²) in [6.45, 7) is 0.757. The van der Waals surface area contributed by atoms with Gasteiger partial charge in [0.2, 0.25) is 0 Å². The first-order chi connectivity index (χ1) is 20.8. The molecule has 6 heteroatoms. The topological polar surface area (TPSA) is 50.7 Å². The van der Waals surface area contributed by atoms with E-state index >= 15 is 0 Å². The summed E-state index contributed by atoms with van der Waals surface area (Å²) in [6, 6.07) is 30.4. The third-order valence-electron chi connectivity index (χ3n) is 7.76. The van der Waals surface area contributed by atoms with Gasteiger partial charge in [-0.05, 0) is 68.1 Å². The first-order valence-corrected chi connectivity index (χ1v) is 15.5. The molecule has 0 unspecified atom stereocenters. The normalized spacial score (nSPS) is 13.1. The number of hydrogen-bond donors (Lipinski definition) is 1. The molecule has 200 valence electrons. The lowest BCUT2D eigenvalue weighted by Gasteiger charge is -2.22. The Morgan fingerprint density at radius 1 is 0.619 bits per heavy atom. The third-order valence-corrected chi connectivity index (χ3v) is 9.41. The molecule has 1 aliphatic heterocycles. The van der Waals surface area contributed by atoms with E-state index in [1.54, 1.807) is 22.7 Å². The minimum atomic E-state index is 0.757. The summed E-state index contributed by atoms with van der Waals surface area (Å²) in [4.78, 5) is 15.9. The van der Waals surface area contributed by atoms with E-state index in [9.17, 15) is 0 Å². The Labute approximate surface area is 251 Å². The Morgan fingerprint density at radius 3 is 2.14 bits per heavy atom. The number of hydrogen-bond acceptors (Lipinski definition) is 6. The molecule has 4 nitrogen and oxygen atoms in total. The molecule has 4 aromatic carbocycles. The number of aromatic nitrogens is 3. The van der Waals surface area contributed by atoms with Crippen molar-refractivity contribution in [2.75, 3.05) is 6.54 Å². The molecule has 0 radical (unpaired) electrons. The zero-order valence-electron chi connectivity index (χ0n) is 22.5. The van der Waals surface area contributed by atoms with E-state index in [4.69, 9.17) is 4.98 Å². The summed E-state index contributed by atoms with van der Waals surface area (Å²) in [6.07, 6.45) is 10.3. The first kappa shape index (κ1) is 24.9. The van der Waals surface area contributed by atoms with Gasteiger partial charge in [0.15, 0.2) is 0 Å². The maximum atomic E-state index is 4.93. The van der Waals surface area contributed by atoms with E-state index in [0.29, 0.717) is 0 Å². The number of nitrogens with one attached hydrogen (secondary N) is 1. The molecular formula is C36H24N4S2. The molecule has 7 aromatic rings. The Hall–Kier alpha value is -4.91. The fourth-order valence-corrected chi connectivity index (χ4v) is 7.12. The smallest absolute Gasteiger partial charge is 0.0797 e. The van der Waals surface area contributed by atoms with Gasteiger partial charge in [-0.1, -0.05) is 72.8 Å². The van der Waals surface area contributed by atoms with Gasteiger partial charge in [-0.15, -0.1) is 22.7 Å². The van der Waals surface area contributed by atoms with Crippen LogP contribution in [0.2, 0.25) is 0 Å². The van der Waals surface area contributed by atoms with Crippen molar-refractivity contribution in [3.63, 3.8) is 0 Å². The summed E-state index contributed by atoms with van der Waals surface area (Å²) in [5.41, 5.74) is 12.9. The summed E-state index contributed by atoms with van der Waals surface area (Å²) in [5.74, 6) is 0. The van der Waals surface area contributed by atoms with E-state index in [-0.39, 0.29) is 0 Å². The number of pyridine rings is 1. The van der Waals surface area contributed by atoms with Crippen LogP contribution in [-0.4, -0.2) is 21.5 Å². The molecule has 0 amide bonds. The molecule has 0 fully saturated rings. The highest BCUT2D eigenvalue weighted by Gasteiger charge is 2.21. The number of benzene rings is 4. The minimum Gasteiger partial charge on any atom is -0.381 e. The van der Waals surface area contributed by atoms with Crippen LogP contribution in [0.5, 0.6) is 0 Å². The quantitative estimate of drug-likeness (QED) is 0.208. The number of dihydropyridines is 1. The van der Waals surface area contributed by atoms with Crippen LogP contribution < -0.4 is 5.32 Å². The predicted molar refractivity (Wildman–Crippen MR) is 177 cm³/mol. The van der Waals surface area contributed by atoms with Gasteiger partial charge in [-0.25, -0.2) is 0 Å². The highest BCUT2D eigenvalue weighted by molar-refractivity contribution is 7.13. The summed E-state index contributed by atoms with van der Waals surface area (Å²) >= 11 is 3.31. The van der Waals surface area contributed by atoms with E-state index in [0.717, 1.165) is 33.9 Å². The SMILES string of the molecule is C1=C(c2cncs2)C=C(c2c3ccccc3c(-c3cc(-c4cncs4)ccn3)c3ccc(-c4ccccc4)cc23)NC1. The molecule has 3 aromatic heterocycles. The van der Waals surface area contributed by atoms with Gasteiger partial charge >= 0.3 is 0 Å². The molecule has 42 heavy (non-hydrogen) atoms. The van der Waals surface area contributed by atoms with Gasteiger partial charge in [0.25, 0.3) is 0 Å². The predicted octanol–water partition coefficient (Wildman–Crippen LogP) is 9.33. The zero-order chi connectivity index (χ0) is 27.9. The van der Waals surface area contributed by atoms with Crippen LogP contribution in [0.3, 0.4) is 0 Å². The van der Waals surface area contributed by atoms with Crippen LogP contribution >= 0.6 is 22.7 Å². The lowest BCUT2D eigenvalue weighted by Crippen LogP contribution is -2.16. The number of thiazole rings is 2. The second-order valence-corrected chi connectivity index (χ2v) is 12.0. The lowest BCUT2D eigenvalue weighted by atomic mass is 9.86. The fraction of sp³-hybridized carbons (Fsp3) is 0.0278. The van der Waals surface area contributed by atoms with Crippen molar-refractivity contribution >= 4 is 55.5 Å². The monoisotopic (exact) mass is 576 g/mol. The van der Waals surface area contributed by atoms with E-state index < -0.39 is 0 Å². The van der Waals surface area contributed by atoms with Crippen LogP contribution in [-0.2, 0) is 0 Å². The van der Waals surface area contributed by atoms with Crippen molar-refractivity contribution in [2.45, 2.75) is 0 Å². The van der Waals surface area contributed by atoms with Gasteiger partial charge in [-0.2, -0.15) is 0 Å². The van der Waals surface area contributed by atoms with Gasteiger partial charge in [0.1, 0.15) is 0 Å². The van der Waals surface area contributed by atoms with Crippen LogP contribution in [0.1, 0.15) is 10.4 Å². The summed E-state index contributed by atoms with van der Waals surface area (Å²) in [5, 5.41) is 8.45. The number of allylic oxidation sites excluding steroid dienone is 2. The molecule has 0 atom stereocenters. The summed E-state index contributed by atoms with van der Waals surface area (Å²) in [7, 11) is 0. The summed E-state index contributed by atoms with van der Waals surface area (Å²) < 4.78 is 0. The van der Waals surface area contributed by atoms with E-state index in [1.807, 2.05) is 29.6 Å². The third kappa shape index (κ3) is 4.33. The maximum absolute atomic E-state index is 4.93. The van der Waals surface area contributed by atoms with Crippen LogP contribution in [0.4, 0.5) is 0 Å². The van der Waals surface area contributed by atoms with Crippen molar-refractivity contribution < 1.29 is 0 Å². The molecule has 0 saturated heterocycles. The highest BCUT2D eigenvalue weighted by atomic mass is 32.1. The van der Waals surface area contributed by atoms with Gasteiger partial charge < -0.3 is 5.32 Å². The molecule has 0 bridgehead atoms. The standard InChI is InChI=1S/C36H24N4S2/c1-2-6-23(7-3-1)24-10-11-29-30(16-24)36(32-18-26(13-15-40-32)34-20-38-22-42-34)28-9-5-4-8-27(28)35(29)31-17-25(12-14-39-31)33-19-37-21-41-33/h1-14,16-22,40H,15H2. The van der Waals surface area contributed by atoms with Crippen LogP contribution in [0.15, 0.2) is 127 Å². The Balaban J connectivity index is 1.44. The number of fused-ring (bicyclic) bond motifs is 2. The molecule has 1 aliphatic rings. The molecule has 4 heterocycles. The van der Waals surface area contributed by atoms with Crippen molar-refractivity contribution in [1.82, 2.24) is 20.3 Å². The largest absolute Gasteiger partial charge is 0.381 e. The van der Waals surface area contributed by atoms with Crippen molar-refractivity contribution in [3.8, 4) is 32.8 Å². The number of nitrogens with zero attached hydrogens (tertiary/aromatic N) is 3. The van der Waals surface area contributed by atoms with Crippen LogP contribution in [0.25, 0.3) is 65.6 Å². The fourth-order valence-electron chi connectivity index (χ4n) is 5.86. The zero-order valence-corrected chi connectivity index (χ0v) is 24.1. The first-order valence-electron chi connectivity index (χ1n) is 13.8. The molecule has 8 rings (SSSR count). The highest BCUT2D eigenvalue weighted by Crippen LogP contribution is 2.43. The van der Waals surface area contributed by atoms with E-state index in [2.05, 4.69) is 112 Å². The molecule has 0 saturated carbocycles. The van der Waals surface area contributed by atoms with Gasteiger partial charge in [0, 0.05) is 42.0 Å². The Bertz CT molecular complexity index is 2130. The maximum Gasteiger partial charge on any atom is 0.0797 e. The minimum absolute atomic E-state index is 0.757. The molecule has 0 aliphatic carbocycles. The Morgan fingerprint density at radius 2 is 1.36 bits per heavy atom.